The minimum Gasteiger partial charge on any atom is -0.455 e. The van der Waals surface area contributed by atoms with E-state index in [1.54, 1.807) is 24.3 Å². The Hall–Kier alpha value is -2.62. The van der Waals surface area contributed by atoms with Crippen molar-refractivity contribution < 1.29 is 19.1 Å². The molecule has 4 rings (SSSR count). The van der Waals surface area contributed by atoms with E-state index in [0.29, 0.717) is 11.1 Å². The number of esters is 2. The normalized spacial score (nSPS) is 26.5. The van der Waals surface area contributed by atoms with Crippen LogP contribution in [0.1, 0.15) is 78.5 Å². The first-order valence-electron chi connectivity index (χ1n) is 11.7. The van der Waals surface area contributed by atoms with Crippen LogP contribution >= 0.6 is 0 Å². The van der Waals surface area contributed by atoms with Crippen molar-refractivity contribution in [2.45, 2.75) is 70.0 Å². The zero-order chi connectivity index (χ0) is 21.5. The monoisotopic (exact) mass is 420 g/mol. The molecule has 4 nitrogen and oxygen atoms in total. The van der Waals surface area contributed by atoms with E-state index in [9.17, 15) is 9.59 Å². The van der Waals surface area contributed by atoms with Crippen LogP contribution in [0, 0.1) is 11.8 Å². The second kappa shape index (κ2) is 10.6. The topological polar surface area (TPSA) is 52.6 Å². The molecule has 2 bridgehead atoms. The average Bonchev–Trinajstić information content (AvgIpc) is 2.84. The van der Waals surface area contributed by atoms with Gasteiger partial charge in [0.15, 0.2) is 0 Å². The second-order valence-electron chi connectivity index (χ2n) is 8.91. The summed E-state index contributed by atoms with van der Waals surface area (Å²) in [5.41, 5.74) is 1.09. The number of carbonyl (C=O) groups is 2. The van der Waals surface area contributed by atoms with E-state index in [1.807, 2.05) is 36.4 Å². The molecule has 2 aromatic carbocycles. The van der Waals surface area contributed by atoms with Gasteiger partial charge in [-0.25, -0.2) is 9.59 Å². The lowest BCUT2D eigenvalue weighted by atomic mass is 9.79. The van der Waals surface area contributed by atoms with E-state index in [0.717, 1.165) is 51.4 Å². The van der Waals surface area contributed by atoms with Gasteiger partial charge in [-0.05, 0) is 61.8 Å². The highest BCUT2D eigenvalue weighted by Crippen LogP contribution is 2.38. The molecule has 4 atom stereocenters. The number of ether oxygens (including phenoxy) is 2. The summed E-state index contributed by atoms with van der Waals surface area (Å²) in [7, 11) is 0. The molecule has 164 valence electrons. The molecule has 2 aliphatic carbocycles. The van der Waals surface area contributed by atoms with Gasteiger partial charge >= 0.3 is 11.9 Å². The van der Waals surface area contributed by atoms with Gasteiger partial charge in [0.05, 0.1) is 11.1 Å². The highest BCUT2D eigenvalue weighted by atomic mass is 16.6. The highest BCUT2D eigenvalue weighted by Gasteiger charge is 2.41. The van der Waals surface area contributed by atoms with E-state index in [-0.39, 0.29) is 23.8 Å². The lowest BCUT2D eigenvalue weighted by molar-refractivity contribution is -0.0845. The molecular formula is C27H32O4. The van der Waals surface area contributed by atoms with Crippen LogP contribution in [0.2, 0.25) is 0 Å². The number of benzene rings is 2. The molecule has 0 heterocycles. The number of hydrogen-bond acceptors (Lipinski definition) is 4. The fourth-order valence-electron chi connectivity index (χ4n) is 5.14. The molecule has 2 fully saturated rings. The van der Waals surface area contributed by atoms with Crippen LogP contribution in [0.3, 0.4) is 0 Å². The van der Waals surface area contributed by atoms with Gasteiger partial charge in [-0.1, -0.05) is 68.5 Å². The van der Waals surface area contributed by atoms with Crippen molar-refractivity contribution >= 4 is 11.9 Å². The summed E-state index contributed by atoms with van der Waals surface area (Å²) in [4.78, 5) is 26.0. The third kappa shape index (κ3) is 5.55. The molecule has 31 heavy (non-hydrogen) atoms. The summed E-state index contributed by atoms with van der Waals surface area (Å²) in [6.45, 7) is 0. The Labute approximate surface area is 185 Å². The summed E-state index contributed by atoms with van der Waals surface area (Å²) in [5, 5.41) is 0. The van der Waals surface area contributed by atoms with E-state index in [1.165, 1.54) is 6.42 Å². The number of fused-ring (bicyclic) bond motifs is 3. The molecule has 0 aromatic heterocycles. The molecule has 0 aliphatic heterocycles. The van der Waals surface area contributed by atoms with Crippen LogP contribution in [0.4, 0.5) is 0 Å². The Balaban J connectivity index is 1.64. The van der Waals surface area contributed by atoms with Crippen molar-refractivity contribution in [2.75, 3.05) is 0 Å². The first-order chi connectivity index (χ1) is 15.2. The number of rotatable bonds is 4. The standard InChI is InChI=1S/C27H32O4/c28-26(22-16-6-2-7-17-22)30-24-20-12-4-1-5-13-21(15-11-10-14-20)25(24)31-27(29)23-18-8-3-9-19-23/h2-3,6-9,16-21,24-25H,1,4-5,10-15H2. The van der Waals surface area contributed by atoms with Crippen molar-refractivity contribution in [3.8, 4) is 0 Å². The van der Waals surface area contributed by atoms with Gasteiger partial charge < -0.3 is 9.47 Å². The maximum absolute atomic E-state index is 13.0. The fraction of sp³-hybridized carbons (Fsp3) is 0.481. The SMILES string of the molecule is O=C(OC1C2CCCCCC(CCCC2)C1OC(=O)c1ccccc1)c1ccccc1. The first-order valence-corrected chi connectivity index (χ1v) is 11.7. The Morgan fingerprint density at radius 1 is 0.548 bits per heavy atom. The van der Waals surface area contributed by atoms with Crippen molar-refractivity contribution in [3.63, 3.8) is 0 Å². The van der Waals surface area contributed by atoms with Gasteiger partial charge in [0.1, 0.15) is 12.2 Å². The molecule has 0 radical (unpaired) electrons. The van der Waals surface area contributed by atoms with Gasteiger partial charge in [0, 0.05) is 0 Å². The van der Waals surface area contributed by atoms with Crippen molar-refractivity contribution in [3.05, 3.63) is 71.8 Å². The van der Waals surface area contributed by atoms with Crippen molar-refractivity contribution in [1.29, 1.82) is 0 Å². The maximum Gasteiger partial charge on any atom is 0.338 e. The minimum atomic E-state index is -0.399. The molecule has 0 N–H and O–H groups in total. The fourth-order valence-corrected chi connectivity index (χ4v) is 5.14. The Morgan fingerprint density at radius 2 is 0.903 bits per heavy atom. The zero-order valence-electron chi connectivity index (χ0n) is 18.1. The smallest absolute Gasteiger partial charge is 0.338 e. The number of hydrogen-bond donors (Lipinski definition) is 0. The summed E-state index contributed by atoms with van der Waals surface area (Å²) < 4.78 is 12.3. The van der Waals surface area contributed by atoms with Crippen LogP contribution in [-0.4, -0.2) is 24.1 Å². The summed E-state index contributed by atoms with van der Waals surface area (Å²) in [6, 6.07) is 18.3. The molecule has 2 aliphatic rings. The predicted octanol–water partition coefficient (Wildman–Crippen LogP) is 6.21. The highest BCUT2D eigenvalue weighted by molar-refractivity contribution is 5.90. The van der Waals surface area contributed by atoms with E-state index >= 15 is 0 Å². The maximum atomic E-state index is 13.0. The third-order valence-electron chi connectivity index (χ3n) is 6.81. The molecule has 0 amide bonds. The van der Waals surface area contributed by atoms with Crippen LogP contribution in [0.5, 0.6) is 0 Å². The van der Waals surface area contributed by atoms with E-state index in [2.05, 4.69) is 0 Å². The molecule has 2 aromatic rings. The van der Waals surface area contributed by atoms with E-state index < -0.39 is 12.2 Å². The van der Waals surface area contributed by atoms with Crippen LogP contribution in [0.15, 0.2) is 60.7 Å². The number of carbonyl (C=O) groups excluding carboxylic acids is 2. The molecule has 0 saturated heterocycles. The Bertz CT molecular complexity index is 777. The second-order valence-corrected chi connectivity index (χ2v) is 8.91. The van der Waals surface area contributed by atoms with Crippen LogP contribution in [0.25, 0.3) is 0 Å². The molecule has 4 unspecified atom stereocenters. The quantitative estimate of drug-likeness (QED) is 0.552. The van der Waals surface area contributed by atoms with Gasteiger partial charge in [-0.2, -0.15) is 0 Å². The lowest BCUT2D eigenvalue weighted by Gasteiger charge is -2.38. The van der Waals surface area contributed by atoms with Gasteiger partial charge in [0.25, 0.3) is 0 Å². The minimum absolute atomic E-state index is 0.224. The van der Waals surface area contributed by atoms with Gasteiger partial charge in [0.2, 0.25) is 0 Å². The van der Waals surface area contributed by atoms with Crippen LogP contribution < -0.4 is 0 Å². The van der Waals surface area contributed by atoms with Crippen molar-refractivity contribution in [1.82, 2.24) is 0 Å². The van der Waals surface area contributed by atoms with Crippen LogP contribution in [-0.2, 0) is 9.47 Å². The van der Waals surface area contributed by atoms with Gasteiger partial charge in [-0.3, -0.25) is 0 Å². The molecule has 4 heteroatoms. The predicted molar refractivity (Wildman–Crippen MR) is 120 cm³/mol. The Kier molecular flexibility index (Phi) is 7.39. The van der Waals surface area contributed by atoms with Gasteiger partial charge in [-0.15, -0.1) is 0 Å². The average molecular weight is 421 g/mol. The molecule has 0 spiro atoms. The first kappa shape index (κ1) is 21.6. The zero-order valence-corrected chi connectivity index (χ0v) is 18.1. The third-order valence-corrected chi connectivity index (χ3v) is 6.81. The lowest BCUT2D eigenvalue weighted by Crippen LogP contribution is -2.45. The Morgan fingerprint density at radius 3 is 1.29 bits per heavy atom. The summed E-state index contributed by atoms with van der Waals surface area (Å²) in [6.07, 6.45) is 8.99. The molecule has 2 saturated carbocycles. The van der Waals surface area contributed by atoms with Crippen molar-refractivity contribution in [2.24, 2.45) is 11.8 Å². The molecular weight excluding hydrogens is 388 g/mol. The van der Waals surface area contributed by atoms with E-state index in [4.69, 9.17) is 9.47 Å². The summed E-state index contributed by atoms with van der Waals surface area (Å²) >= 11 is 0. The summed E-state index contributed by atoms with van der Waals surface area (Å²) in [5.74, 6) is -0.200. The largest absolute Gasteiger partial charge is 0.455 e.